The summed E-state index contributed by atoms with van der Waals surface area (Å²) in [5.41, 5.74) is 0. The largest absolute Gasteiger partial charge is 0.465 e. The van der Waals surface area contributed by atoms with Gasteiger partial charge in [-0.2, -0.15) is 0 Å². The third-order valence-electron chi connectivity index (χ3n) is 7.59. The van der Waals surface area contributed by atoms with Gasteiger partial charge in [-0.05, 0) is 50.4 Å². The summed E-state index contributed by atoms with van der Waals surface area (Å²) in [4.78, 5) is 24.4. The standard InChI is InChI=1S/C33H64O4/c1-5-9-13-18-24-30(22-11-7-3)28-36-32(34)26-20-16-15-17-21-27-33(35)37-29-31(23-12-8-4)25-19-14-10-6-2/h30-31H,5-29H2,1-4H3. The molecule has 37 heavy (non-hydrogen) atoms. The number of hydrogen-bond acceptors (Lipinski definition) is 4. The second-order valence-corrected chi connectivity index (χ2v) is 11.3. The van der Waals surface area contributed by atoms with Gasteiger partial charge in [-0.1, -0.05) is 124 Å². The highest BCUT2D eigenvalue weighted by atomic mass is 16.5. The minimum atomic E-state index is -0.0362. The predicted molar refractivity (Wildman–Crippen MR) is 158 cm³/mol. The maximum Gasteiger partial charge on any atom is 0.305 e. The molecule has 0 radical (unpaired) electrons. The Bertz CT molecular complexity index is 461. The number of esters is 2. The molecule has 4 heteroatoms. The van der Waals surface area contributed by atoms with Gasteiger partial charge in [0.25, 0.3) is 0 Å². The van der Waals surface area contributed by atoms with Crippen molar-refractivity contribution in [3.8, 4) is 0 Å². The van der Waals surface area contributed by atoms with Gasteiger partial charge in [-0.3, -0.25) is 9.59 Å². The van der Waals surface area contributed by atoms with E-state index in [1.807, 2.05) is 0 Å². The summed E-state index contributed by atoms with van der Waals surface area (Å²) < 4.78 is 11.2. The average molecular weight is 525 g/mol. The number of hydrogen-bond donors (Lipinski definition) is 0. The van der Waals surface area contributed by atoms with Crippen molar-refractivity contribution >= 4 is 11.9 Å². The van der Waals surface area contributed by atoms with Gasteiger partial charge in [-0.25, -0.2) is 0 Å². The third-order valence-corrected chi connectivity index (χ3v) is 7.59. The van der Waals surface area contributed by atoms with E-state index in [0.717, 1.165) is 32.1 Å². The molecule has 0 fully saturated rings. The molecule has 0 amide bonds. The van der Waals surface area contributed by atoms with E-state index in [2.05, 4.69) is 27.7 Å². The summed E-state index contributed by atoms with van der Waals surface area (Å²) in [6, 6.07) is 0. The molecule has 0 spiro atoms. The van der Waals surface area contributed by atoms with Crippen molar-refractivity contribution in [2.75, 3.05) is 13.2 Å². The highest BCUT2D eigenvalue weighted by molar-refractivity contribution is 5.69. The van der Waals surface area contributed by atoms with Crippen molar-refractivity contribution < 1.29 is 19.1 Å². The first-order valence-corrected chi connectivity index (χ1v) is 16.4. The molecule has 0 N–H and O–H groups in total. The molecule has 0 aliphatic carbocycles. The molecule has 0 rings (SSSR count). The van der Waals surface area contributed by atoms with Crippen LogP contribution in [0.3, 0.4) is 0 Å². The zero-order valence-corrected chi connectivity index (χ0v) is 25.5. The lowest BCUT2D eigenvalue weighted by Crippen LogP contribution is -2.14. The van der Waals surface area contributed by atoms with Crippen LogP contribution in [-0.4, -0.2) is 25.2 Å². The SMILES string of the molecule is CCCCCCC(CCCC)COC(=O)CCCCCCCC(=O)OCC(CCCC)CCCCCC. The van der Waals surface area contributed by atoms with Gasteiger partial charge >= 0.3 is 11.9 Å². The Morgan fingerprint density at radius 2 is 0.757 bits per heavy atom. The van der Waals surface area contributed by atoms with Crippen LogP contribution in [0.2, 0.25) is 0 Å². The van der Waals surface area contributed by atoms with E-state index in [0.29, 0.717) is 37.9 Å². The summed E-state index contributed by atoms with van der Waals surface area (Å²) in [5.74, 6) is 0.990. The van der Waals surface area contributed by atoms with Gasteiger partial charge in [-0.15, -0.1) is 0 Å². The summed E-state index contributed by atoms with van der Waals surface area (Å²) in [7, 11) is 0. The molecule has 0 saturated carbocycles. The Hall–Kier alpha value is -1.06. The molecule has 2 unspecified atom stereocenters. The molecule has 0 aromatic heterocycles. The van der Waals surface area contributed by atoms with Crippen LogP contribution in [0.4, 0.5) is 0 Å². The van der Waals surface area contributed by atoms with E-state index in [1.54, 1.807) is 0 Å². The number of carbonyl (C=O) groups excluding carboxylic acids is 2. The lowest BCUT2D eigenvalue weighted by Gasteiger charge is -2.17. The van der Waals surface area contributed by atoms with Gasteiger partial charge in [0, 0.05) is 12.8 Å². The Morgan fingerprint density at radius 3 is 1.14 bits per heavy atom. The van der Waals surface area contributed by atoms with Crippen LogP contribution in [0.15, 0.2) is 0 Å². The molecular formula is C33H64O4. The minimum Gasteiger partial charge on any atom is -0.465 e. The molecule has 0 aliphatic heterocycles. The Morgan fingerprint density at radius 1 is 0.432 bits per heavy atom. The Labute approximate surface area is 231 Å². The molecule has 0 bridgehead atoms. The van der Waals surface area contributed by atoms with Crippen molar-refractivity contribution in [3.05, 3.63) is 0 Å². The quantitative estimate of drug-likeness (QED) is 0.0754. The van der Waals surface area contributed by atoms with E-state index in [4.69, 9.17) is 9.47 Å². The highest BCUT2D eigenvalue weighted by Crippen LogP contribution is 2.20. The maximum atomic E-state index is 12.2. The van der Waals surface area contributed by atoms with Crippen LogP contribution in [0.1, 0.15) is 175 Å². The van der Waals surface area contributed by atoms with Gasteiger partial charge in [0.1, 0.15) is 0 Å². The molecule has 4 nitrogen and oxygen atoms in total. The Balaban J connectivity index is 3.86. The average Bonchev–Trinajstić information content (AvgIpc) is 2.90. The third kappa shape index (κ3) is 25.0. The monoisotopic (exact) mass is 524 g/mol. The summed E-state index contributed by atoms with van der Waals surface area (Å²) >= 11 is 0. The fourth-order valence-corrected chi connectivity index (χ4v) is 4.96. The van der Waals surface area contributed by atoms with Crippen LogP contribution >= 0.6 is 0 Å². The first-order valence-electron chi connectivity index (χ1n) is 16.4. The molecule has 220 valence electrons. The topological polar surface area (TPSA) is 52.6 Å². The molecule has 0 saturated heterocycles. The molecule has 0 heterocycles. The van der Waals surface area contributed by atoms with Crippen LogP contribution in [0, 0.1) is 11.8 Å². The smallest absolute Gasteiger partial charge is 0.305 e. The van der Waals surface area contributed by atoms with E-state index in [-0.39, 0.29) is 11.9 Å². The summed E-state index contributed by atoms with van der Waals surface area (Å²) in [6.07, 6.45) is 25.8. The number of rotatable bonds is 28. The molecular weight excluding hydrogens is 460 g/mol. The van der Waals surface area contributed by atoms with Gasteiger partial charge < -0.3 is 9.47 Å². The molecule has 0 aliphatic rings. The van der Waals surface area contributed by atoms with Crippen molar-refractivity contribution in [2.45, 2.75) is 175 Å². The van der Waals surface area contributed by atoms with Crippen LogP contribution in [0.25, 0.3) is 0 Å². The first kappa shape index (κ1) is 35.9. The van der Waals surface area contributed by atoms with Crippen molar-refractivity contribution in [3.63, 3.8) is 0 Å². The van der Waals surface area contributed by atoms with E-state index in [9.17, 15) is 9.59 Å². The fourth-order valence-electron chi connectivity index (χ4n) is 4.96. The Kier molecular flexibility index (Phi) is 27.2. The van der Waals surface area contributed by atoms with Gasteiger partial charge in [0.15, 0.2) is 0 Å². The van der Waals surface area contributed by atoms with E-state index in [1.165, 1.54) is 103 Å². The zero-order chi connectivity index (χ0) is 27.4. The summed E-state index contributed by atoms with van der Waals surface area (Å²) in [5, 5.41) is 0. The summed E-state index contributed by atoms with van der Waals surface area (Å²) in [6.45, 7) is 10.1. The second-order valence-electron chi connectivity index (χ2n) is 11.3. The molecule has 2 atom stereocenters. The lowest BCUT2D eigenvalue weighted by atomic mass is 9.96. The number of ether oxygens (including phenoxy) is 2. The van der Waals surface area contributed by atoms with Crippen molar-refractivity contribution in [1.82, 2.24) is 0 Å². The van der Waals surface area contributed by atoms with E-state index >= 15 is 0 Å². The number of unbranched alkanes of at least 4 members (excludes halogenated alkanes) is 12. The second kappa shape index (κ2) is 28.0. The van der Waals surface area contributed by atoms with Crippen molar-refractivity contribution in [1.29, 1.82) is 0 Å². The molecule has 0 aromatic rings. The lowest BCUT2D eigenvalue weighted by molar-refractivity contribution is -0.146. The fraction of sp³-hybridized carbons (Fsp3) is 0.939. The molecule has 0 aromatic carbocycles. The number of carbonyl (C=O) groups is 2. The van der Waals surface area contributed by atoms with Crippen LogP contribution in [0.5, 0.6) is 0 Å². The first-order chi connectivity index (χ1) is 18.1. The maximum absolute atomic E-state index is 12.2. The highest BCUT2D eigenvalue weighted by Gasteiger charge is 2.13. The normalized spacial score (nSPS) is 12.9. The van der Waals surface area contributed by atoms with Crippen LogP contribution < -0.4 is 0 Å². The van der Waals surface area contributed by atoms with Crippen LogP contribution in [-0.2, 0) is 19.1 Å². The van der Waals surface area contributed by atoms with E-state index < -0.39 is 0 Å². The van der Waals surface area contributed by atoms with Gasteiger partial charge in [0.2, 0.25) is 0 Å². The van der Waals surface area contributed by atoms with Crippen molar-refractivity contribution in [2.24, 2.45) is 11.8 Å². The predicted octanol–water partition coefficient (Wildman–Crippen LogP) is 10.4. The minimum absolute atomic E-state index is 0.0362. The zero-order valence-electron chi connectivity index (χ0n) is 25.5. The van der Waals surface area contributed by atoms with Gasteiger partial charge in [0.05, 0.1) is 13.2 Å².